The second-order valence-electron chi connectivity index (χ2n) is 6.57. The highest BCUT2D eigenvalue weighted by molar-refractivity contribution is 5.85. The summed E-state index contributed by atoms with van der Waals surface area (Å²) in [6.45, 7) is 6.97. The van der Waals surface area contributed by atoms with Crippen molar-refractivity contribution in [1.82, 2.24) is 4.90 Å². The van der Waals surface area contributed by atoms with Gasteiger partial charge in [-0.15, -0.1) is 12.4 Å². The van der Waals surface area contributed by atoms with Crippen LogP contribution >= 0.6 is 12.4 Å². The molecule has 0 radical (unpaired) electrons. The topological polar surface area (TPSA) is 55.6 Å². The van der Waals surface area contributed by atoms with Crippen LogP contribution in [0.4, 0.5) is 0 Å². The van der Waals surface area contributed by atoms with Gasteiger partial charge in [-0.1, -0.05) is 26.7 Å². The van der Waals surface area contributed by atoms with Gasteiger partial charge in [-0.25, -0.2) is 0 Å². The van der Waals surface area contributed by atoms with Gasteiger partial charge in [0.05, 0.1) is 12.7 Å². The summed E-state index contributed by atoms with van der Waals surface area (Å²) in [5.74, 6) is 0.939. The Hall–Kier alpha value is -0.320. The van der Waals surface area contributed by atoms with Crippen molar-refractivity contribution >= 4 is 18.3 Å². The van der Waals surface area contributed by atoms with Crippen molar-refractivity contribution in [3.05, 3.63) is 0 Å². The van der Waals surface area contributed by atoms with E-state index in [2.05, 4.69) is 13.8 Å². The average molecular weight is 305 g/mol. The van der Waals surface area contributed by atoms with Gasteiger partial charge in [0.1, 0.15) is 0 Å². The third kappa shape index (κ3) is 3.86. The van der Waals surface area contributed by atoms with E-state index in [9.17, 15) is 4.79 Å². The highest BCUT2D eigenvalue weighted by Gasteiger charge is 2.44. The van der Waals surface area contributed by atoms with Crippen LogP contribution in [0.3, 0.4) is 0 Å². The maximum atomic E-state index is 12.9. The van der Waals surface area contributed by atoms with Crippen molar-refractivity contribution in [2.45, 2.75) is 52.1 Å². The minimum absolute atomic E-state index is 0. The van der Waals surface area contributed by atoms with E-state index in [4.69, 9.17) is 10.5 Å². The van der Waals surface area contributed by atoms with Crippen molar-refractivity contribution in [2.24, 2.45) is 17.1 Å². The Kier molecular flexibility index (Phi) is 6.76. The number of halogens is 1. The monoisotopic (exact) mass is 304 g/mol. The van der Waals surface area contributed by atoms with E-state index in [0.717, 1.165) is 25.8 Å². The molecule has 1 saturated carbocycles. The normalized spacial score (nSPS) is 25.6. The number of carbonyl (C=O) groups is 1. The molecule has 2 aliphatic rings. The lowest BCUT2D eigenvalue weighted by Crippen LogP contribution is -2.52. The summed E-state index contributed by atoms with van der Waals surface area (Å²) in [6.07, 6.45) is 5.57. The smallest absolute Gasteiger partial charge is 0.228 e. The molecule has 118 valence electrons. The second kappa shape index (κ2) is 7.62. The summed E-state index contributed by atoms with van der Waals surface area (Å²) >= 11 is 0. The molecule has 1 atom stereocenters. The number of hydrogen-bond acceptors (Lipinski definition) is 3. The van der Waals surface area contributed by atoms with Crippen molar-refractivity contribution in [1.29, 1.82) is 0 Å². The molecule has 0 aromatic carbocycles. The van der Waals surface area contributed by atoms with Crippen molar-refractivity contribution in [3.8, 4) is 0 Å². The number of morpholine rings is 1. The van der Waals surface area contributed by atoms with Crippen LogP contribution in [0.25, 0.3) is 0 Å². The summed E-state index contributed by atoms with van der Waals surface area (Å²) in [6, 6.07) is 0. The molecule has 20 heavy (non-hydrogen) atoms. The number of carbonyl (C=O) groups excluding carboxylic acids is 1. The highest BCUT2D eigenvalue weighted by atomic mass is 35.5. The van der Waals surface area contributed by atoms with Gasteiger partial charge in [-0.3, -0.25) is 4.79 Å². The Bertz CT molecular complexity index is 317. The van der Waals surface area contributed by atoms with Gasteiger partial charge in [0, 0.05) is 25.0 Å². The fourth-order valence-electron chi connectivity index (χ4n) is 3.72. The van der Waals surface area contributed by atoms with Crippen LogP contribution in [0, 0.1) is 11.3 Å². The predicted octanol–water partition coefficient (Wildman–Crippen LogP) is 2.20. The highest BCUT2D eigenvalue weighted by Crippen LogP contribution is 2.44. The number of rotatable bonds is 4. The van der Waals surface area contributed by atoms with Crippen molar-refractivity contribution < 1.29 is 9.53 Å². The minimum atomic E-state index is -0.0926. The van der Waals surface area contributed by atoms with E-state index in [-0.39, 0.29) is 23.9 Å². The molecule has 2 rings (SSSR count). The molecular formula is C15H29ClN2O2. The molecule has 4 nitrogen and oxygen atoms in total. The number of amides is 1. The Morgan fingerprint density at radius 1 is 1.40 bits per heavy atom. The van der Waals surface area contributed by atoms with E-state index in [1.807, 2.05) is 4.90 Å². The van der Waals surface area contributed by atoms with Gasteiger partial charge < -0.3 is 15.4 Å². The van der Waals surface area contributed by atoms with Gasteiger partial charge in [-0.2, -0.15) is 0 Å². The zero-order chi connectivity index (χ0) is 13.9. The molecule has 0 bridgehead atoms. The molecule has 1 unspecified atom stereocenters. The van der Waals surface area contributed by atoms with E-state index >= 15 is 0 Å². The molecule has 1 aliphatic carbocycles. The zero-order valence-corrected chi connectivity index (χ0v) is 13.6. The molecule has 0 aromatic rings. The van der Waals surface area contributed by atoms with E-state index in [0.29, 0.717) is 31.5 Å². The summed E-state index contributed by atoms with van der Waals surface area (Å²) in [4.78, 5) is 15.0. The minimum Gasteiger partial charge on any atom is -0.373 e. The van der Waals surface area contributed by atoms with E-state index in [1.54, 1.807) is 0 Å². The van der Waals surface area contributed by atoms with E-state index < -0.39 is 0 Å². The third-order valence-electron chi connectivity index (χ3n) is 4.50. The number of hydrogen-bond donors (Lipinski definition) is 1. The fraction of sp³-hybridized carbons (Fsp3) is 0.933. The van der Waals surface area contributed by atoms with Gasteiger partial charge in [-0.05, 0) is 25.2 Å². The quantitative estimate of drug-likeness (QED) is 0.866. The molecular weight excluding hydrogens is 276 g/mol. The maximum Gasteiger partial charge on any atom is 0.228 e. The first-order valence-electron chi connectivity index (χ1n) is 7.68. The molecule has 1 amide bonds. The van der Waals surface area contributed by atoms with Gasteiger partial charge in [0.25, 0.3) is 0 Å². The van der Waals surface area contributed by atoms with Gasteiger partial charge in [0.2, 0.25) is 5.91 Å². The molecule has 1 aliphatic heterocycles. The van der Waals surface area contributed by atoms with Crippen LogP contribution in [0.15, 0.2) is 0 Å². The predicted molar refractivity (Wildman–Crippen MR) is 83.0 cm³/mol. The third-order valence-corrected chi connectivity index (χ3v) is 4.50. The Balaban J connectivity index is 0.00000200. The van der Waals surface area contributed by atoms with Crippen LogP contribution in [0.2, 0.25) is 0 Å². The molecule has 0 aromatic heterocycles. The van der Waals surface area contributed by atoms with Gasteiger partial charge >= 0.3 is 0 Å². The largest absolute Gasteiger partial charge is 0.373 e. The molecule has 1 saturated heterocycles. The number of nitrogens with zero attached hydrogens (tertiary/aromatic N) is 1. The number of nitrogens with two attached hydrogens (primary N) is 1. The SMILES string of the molecule is CC(C)CC1(C(=O)N2CCOC(CN)C2)CCCC1.Cl. The standard InChI is InChI=1S/C15H28N2O2.ClH/c1-12(2)9-15(5-3-4-6-15)14(18)17-7-8-19-13(10-16)11-17;/h12-13H,3-11,16H2,1-2H3;1H. The van der Waals surface area contributed by atoms with Crippen molar-refractivity contribution in [3.63, 3.8) is 0 Å². The molecule has 2 N–H and O–H groups in total. The summed E-state index contributed by atoms with van der Waals surface area (Å²) < 4.78 is 5.57. The van der Waals surface area contributed by atoms with E-state index in [1.165, 1.54) is 12.8 Å². The van der Waals surface area contributed by atoms with Crippen LogP contribution in [-0.2, 0) is 9.53 Å². The van der Waals surface area contributed by atoms with Crippen LogP contribution in [0.1, 0.15) is 46.0 Å². The number of ether oxygens (including phenoxy) is 1. The fourth-order valence-corrected chi connectivity index (χ4v) is 3.72. The summed E-state index contributed by atoms with van der Waals surface area (Å²) in [5, 5.41) is 0. The average Bonchev–Trinajstić information content (AvgIpc) is 2.86. The van der Waals surface area contributed by atoms with Crippen LogP contribution < -0.4 is 5.73 Å². The second-order valence-corrected chi connectivity index (χ2v) is 6.57. The first-order valence-corrected chi connectivity index (χ1v) is 7.68. The van der Waals surface area contributed by atoms with Crippen LogP contribution in [0.5, 0.6) is 0 Å². The molecule has 5 heteroatoms. The molecule has 0 spiro atoms. The first-order chi connectivity index (χ1) is 9.07. The zero-order valence-electron chi connectivity index (χ0n) is 12.8. The van der Waals surface area contributed by atoms with Crippen LogP contribution in [-0.4, -0.2) is 43.2 Å². The first kappa shape index (κ1) is 17.7. The lowest BCUT2D eigenvalue weighted by molar-refractivity contribution is -0.150. The van der Waals surface area contributed by atoms with Gasteiger partial charge in [0.15, 0.2) is 0 Å². The maximum absolute atomic E-state index is 12.9. The lowest BCUT2D eigenvalue weighted by atomic mass is 9.77. The van der Waals surface area contributed by atoms with Crippen molar-refractivity contribution in [2.75, 3.05) is 26.2 Å². The Morgan fingerprint density at radius 2 is 2.05 bits per heavy atom. The Labute approximate surface area is 128 Å². The summed E-state index contributed by atoms with van der Waals surface area (Å²) in [7, 11) is 0. The molecule has 1 heterocycles. The lowest BCUT2D eigenvalue weighted by Gasteiger charge is -2.39. The Morgan fingerprint density at radius 3 is 2.60 bits per heavy atom. The summed E-state index contributed by atoms with van der Waals surface area (Å²) in [5.41, 5.74) is 5.58. The molecule has 2 fully saturated rings.